The second kappa shape index (κ2) is 12.9. The summed E-state index contributed by atoms with van der Waals surface area (Å²) in [6.07, 6.45) is 4.03. The van der Waals surface area contributed by atoms with Gasteiger partial charge in [0.1, 0.15) is 12.4 Å². The summed E-state index contributed by atoms with van der Waals surface area (Å²) < 4.78 is 2.07. The first kappa shape index (κ1) is 26.1. The molecule has 0 aliphatic rings. The molecule has 0 fully saturated rings. The maximum absolute atomic E-state index is 13.5. The Morgan fingerprint density at radius 2 is 1.54 bits per heavy atom. The SMILES string of the molecule is CC(C)N(C(=O)Cn1c(CCCCCNC(=O)Cc2ccccc2)nc2ccccc21)c1ccccc1. The van der Waals surface area contributed by atoms with E-state index in [4.69, 9.17) is 4.98 Å². The lowest BCUT2D eigenvalue weighted by Crippen LogP contribution is -2.39. The molecule has 0 radical (unpaired) electrons. The summed E-state index contributed by atoms with van der Waals surface area (Å²) in [7, 11) is 0. The minimum absolute atomic E-state index is 0.0465. The van der Waals surface area contributed by atoms with E-state index < -0.39 is 0 Å². The van der Waals surface area contributed by atoms with Crippen molar-refractivity contribution in [3.63, 3.8) is 0 Å². The number of nitrogens with zero attached hydrogens (tertiary/aromatic N) is 3. The molecule has 3 aromatic carbocycles. The van der Waals surface area contributed by atoms with Crippen molar-refractivity contribution in [1.82, 2.24) is 14.9 Å². The zero-order valence-electron chi connectivity index (χ0n) is 21.8. The number of amides is 2. The minimum Gasteiger partial charge on any atom is -0.356 e. The summed E-state index contributed by atoms with van der Waals surface area (Å²) >= 11 is 0. The largest absolute Gasteiger partial charge is 0.356 e. The number of imidazole rings is 1. The smallest absolute Gasteiger partial charge is 0.247 e. The number of hydrogen-bond donors (Lipinski definition) is 1. The number of hydrogen-bond acceptors (Lipinski definition) is 3. The van der Waals surface area contributed by atoms with Gasteiger partial charge >= 0.3 is 0 Å². The highest BCUT2D eigenvalue weighted by Gasteiger charge is 2.21. The maximum Gasteiger partial charge on any atom is 0.247 e. The molecule has 1 aromatic heterocycles. The van der Waals surface area contributed by atoms with Crippen LogP contribution in [0, 0.1) is 0 Å². The van der Waals surface area contributed by atoms with Gasteiger partial charge in [-0.1, -0.05) is 67.1 Å². The molecule has 2 amide bonds. The highest BCUT2D eigenvalue weighted by Crippen LogP contribution is 2.21. The highest BCUT2D eigenvalue weighted by molar-refractivity contribution is 5.94. The van der Waals surface area contributed by atoms with Crippen LogP contribution in [0.15, 0.2) is 84.9 Å². The van der Waals surface area contributed by atoms with E-state index in [1.807, 2.05) is 104 Å². The van der Waals surface area contributed by atoms with Gasteiger partial charge in [0.15, 0.2) is 0 Å². The first-order valence-corrected chi connectivity index (χ1v) is 13.1. The van der Waals surface area contributed by atoms with E-state index in [9.17, 15) is 9.59 Å². The van der Waals surface area contributed by atoms with Gasteiger partial charge in [-0.25, -0.2) is 4.98 Å². The number of rotatable bonds is 12. The topological polar surface area (TPSA) is 67.2 Å². The molecule has 37 heavy (non-hydrogen) atoms. The standard InChI is InChI=1S/C31H36N4O2/c1-24(2)35(26-16-8-4-9-17-26)31(37)23-34-28-19-12-11-18-27(28)33-29(34)20-10-5-13-21-32-30(36)22-25-14-6-3-7-15-25/h3-4,6-9,11-12,14-19,24H,5,10,13,20-23H2,1-2H3,(H,32,36). The van der Waals surface area contributed by atoms with Crippen molar-refractivity contribution in [2.75, 3.05) is 11.4 Å². The van der Waals surface area contributed by atoms with Crippen LogP contribution < -0.4 is 10.2 Å². The highest BCUT2D eigenvalue weighted by atomic mass is 16.2. The lowest BCUT2D eigenvalue weighted by molar-refractivity contribution is -0.120. The van der Waals surface area contributed by atoms with E-state index in [0.717, 1.165) is 53.8 Å². The molecule has 0 aliphatic heterocycles. The van der Waals surface area contributed by atoms with Crippen LogP contribution in [-0.4, -0.2) is 34.0 Å². The number of benzene rings is 3. The number of aromatic nitrogens is 2. The van der Waals surface area contributed by atoms with E-state index in [-0.39, 0.29) is 24.4 Å². The molecule has 4 rings (SSSR count). The Kier molecular flexibility index (Phi) is 9.08. The van der Waals surface area contributed by atoms with E-state index in [0.29, 0.717) is 13.0 Å². The number of nitrogens with one attached hydrogen (secondary N) is 1. The third-order valence-electron chi connectivity index (χ3n) is 6.45. The summed E-state index contributed by atoms with van der Waals surface area (Å²) in [5, 5.41) is 3.02. The number of unbranched alkanes of at least 4 members (excludes halogenated alkanes) is 2. The van der Waals surface area contributed by atoms with Crippen LogP contribution in [0.2, 0.25) is 0 Å². The molecular weight excluding hydrogens is 460 g/mol. The lowest BCUT2D eigenvalue weighted by Gasteiger charge is -2.27. The van der Waals surface area contributed by atoms with E-state index in [1.165, 1.54) is 0 Å². The van der Waals surface area contributed by atoms with Crippen LogP contribution in [-0.2, 0) is 29.0 Å². The van der Waals surface area contributed by atoms with E-state index in [2.05, 4.69) is 9.88 Å². The van der Waals surface area contributed by atoms with Crippen molar-refractivity contribution in [1.29, 1.82) is 0 Å². The van der Waals surface area contributed by atoms with Gasteiger partial charge in [-0.15, -0.1) is 0 Å². The molecule has 0 bridgehead atoms. The fourth-order valence-electron chi connectivity index (χ4n) is 4.68. The van der Waals surface area contributed by atoms with Gasteiger partial charge in [-0.2, -0.15) is 0 Å². The van der Waals surface area contributed by atoms with Gasteiger partial charge in [0.25, 0.3) is 0 Å². The Bertz CT molecular complexity index is 1300. The Labute approximate surface area is 219 Å². The van der Waals surface area contributed by atoms with Gasteiger partial charge in [0.2, 0.25) is 11.8 Å². The van der Waals surface area contributed by atoms with Gasteiger partial charge in [-0.3, -0.25) is 9.59 Å². The number of para-hydroxylation sites is 3. The fourth-order valence-corrected chi connectivity index (χ4v) is 4.68. The summed E-state index contributed by atoms with van der Waals surface area (Å²) in [5.41, 5.74) is 3.82. The molecule has 6 nitrogen and oxygen atoms in total. The summed E-state index contributed by atoms with van der Waals surface area (Å²) in [6, 6.07) is 27.7. The fraction of sp³-hybridized carbons (Fsp3) is 0.323. The average Bonchev–Trinajstić information content (AvgIpc) is 3.24. The molecule has 0 spiro atoms. The third kappa shape index (κ3) is 7.06. The normalized spacial score (nSPS) is 11.1. The number of anilines is 1. The van der Waals surface area contributed by atoms with Gasteiger partial charge in [-0.05, 0) is 56.5 Å². The van der Waals surface area contributed by atoms with E-state index in [1.54, 1.807) is 0 Å². The zero-order chi connectivity index (χ0) is 26.0. The van der Waals surface area contributed by atoms with Crippen molar-refractivity contribution in [2.45, 2.75) is 58.5 Å². The molecular formula is C31H36N4O2. The van der Waals surface area contributed by atoms with Gasteiger partial charge in [0, 0.05) is 24.7 Å². The molecule has 192 valence electrons. The summed E-state index contributed by atoms with van der Waals surface area (Å²) in [6.45, 7) is 4.99. The summed E-state index contributed by atoms with van der Waals surface area (Å²) in [5.74, 6) is 1.03. The van der Waals surface area contributed by atoms with Crippen molar-refractivity contribution in [2.24, 2.45) is 0 Å². The van der Waals surface area contributed by atoms with Crippen molar-refractivity contribution in [3.05, 3.63) is 96.3 Å². The Balaban J connectivity index is 1.34. The molecule has 0 saturated carbocycles. The number of carbonyl (C=O) groups is 2. The van der Waals surface area contributed by atoms with Crippen LogP contribution in [0.5, 0.6) is 0 Å². The number of carbonyl (C=O) groups excluding carboxylic acids is 2. The van der Waals surface area contributed by atoms with Crippen LogP contribution in [0.3, 0.4) is 0 Å². The predicted molar refractivity (Wildman–Crippen MR) is 150 cm³/mol. The molecule has 0 atom stereocenters. The van der Waals surface area contributed by atoms with Crippen LogP contribution in [0.1, 0.15) is 44.5 Å². The van der Waals surface area contributed by atoms with Gasteiger partial charge < -0.3 is 14.8 Å². The third-order valence-corrected chi connectivity index (χ3v) is 6.45. The minimum atomic E-state index is 0.0465. The lowest BCUT2D eigenvalue weighted by atomic mass is 10.1. The van der Waals surface area contributed by atoms with Crippen LogP contribution in [0.4, 0.5) is 5.69 Å². The number of fused-ring (bicyclic) bond motifs is 1. The van der Waals surface area contributed by atoms with E-state index >= 15 is 0 Å². The molecule has 0 unspecified atom stereocenters. The molecule has 0 aliphatic carbocycles. The Morgan fingerprint density at radius 1 is 0.865 bits per heavy atom. The van der Waals surface area contributed by atoms with Crippen LogP contribution >= 0.6 is 0 Å². The molecule has 1 heterocycles. The molecule has 6 heteroatoms. The number of aryl methyl sites for hydroxylation is 1. The molecule has 1 N–H and O–H groups in total. The zero-order valence-corrected chi connectivity index (χ0v) is 21.8. The Hall–Kier alpha value is -3.93. The average molecular weight is 497 g/mol. The van der Waals surface area contributed by atoms with Crippen molar-refractivity contribution >= 4 is 28.5 Å². The molecule has 4 aromatic rings. The monoisotopic (exact) mass is 496 g/mol. The van der Waals surface area contributed by atoms with Crippen LogP contribution in [0.25, 0.3) is 11.0 Å². The second-order valence-electron chi connectivity index (χ2n) is 9.62. The van der Waals surface area contributed by atoms with Crippen molar-refractivity contribution in [3.8, 4) is 0 Å². The summed E-state index contributed by atoms with van der Waals surface area (Å²) in [4.78, 5) is 32.4. The maximum atomic E-state index is 13.5. The first-order valence-electron chi connectivity index (χ1n) is 13.1. The predicted octanol–water partition coefficient (Wildman–Crippen LogP) is 5.55. The Morgan fingerprint density at radius 3 is 2.27 bits per heavy atom. The quantitative estimate of drug-likeness (QED) is 0.262. The second-order valence-corrected chi connectivity index (χ2v) is 9.62. The first-order chi connectivity index (χ1) is 18.0. The van der Waals surface area contributed by atoms with Gasteiger partial charge in [0.05, 0.1) is 17.5 Å². The van der Waals surface area contributed by atoms with Crippen molar-refractivity contribution < 1.29 is 9.59 Å². The molecule has 0 saturated heterocycles.